The van der Waals surface area contributed by atoms with Crippen LogP contribution in [0.2, 0.25) is 0 Å². The summed E-state index contributed by atoms with van der Waals surface area (Å²) in [5.41, 5.74) is 5.12. The van der Waals surface area contributed by atoms with Crippen molar-refractivity contribution in [3.8, 4) is 0 Å². The van der Waals surface area contributed by atoms with Gasteiger partial charge in [0.25, 0.3) is 0 Å². The summed E-state index contributed by atoms with van der Waals surface area (Å²) >= 11 is 0. The van der Waals surface area contributed by atoms with Crippen LogP contribution in [0, 0.1) is 20.8 Å². The molecule has 0 aromatic heterocycles. The van der Waals surface area contributed by atoms with Crippen molar-refractivity contribution >= 4 is 29.6 Å². The fourth-order valence-corrected chi connectivity index (χ4v) is 1.95. The Hall–Kier alpha value is -2.54. The van der Waals surface area contributed by atoms with Crippen molar-refractivity contribution in [2.75, 3.05) is 0 Å². The molecule has 0 unspecified atom stereocenters. The van der Waals surface area contributed by atoms with Crippen molar-refractivity contribution in [1.29, 1.82) is 0 Å². The summed E-state index contributed by atoms with van der Waals surface area (Å²) in [7, 11) is 0. The molecule has 4 heteroatoms. The van der Waals surface area contributed by atoms with Gasteiger partial charge in [0.2, 0.25) is 12.2 Å². The van der Waals surface area contributed by atoms with Crippen molar-refractivity contribution in [1.82, 2.24) is 0 Å². The Balaban J connectivity index is 3.94. The van der Waals surface area contributed by atoms with Gasteiger partial charge in [0.05, 0.1) is 0 Å². The smallest absolute Gasteiger partial charge is 0.211 e. The molecule has 0 spiro atoms. The minimum absolute atomic E-state index is 0.338. The summed E-state index contributed by atoms with van der Waals surface area (Å²) in [4.78, 5) is 28.7. The predicted molar refractivity (Wildman–Crippen MR) is 80.1 cm³/mol. The molecule has 0 saturated carbocycles. The largest absolute Gasteiger partial charge is 0.240 e. The maximum absolute atomic E-state index is 10.7. The van der Waals surface area contributed by atoms with Crippen LogP contribution in [0.3, 0.4) is 0 Å². The van der Waals surface area contributed by atoms with Gasteiger partial charge >= 0.3 is 0 Å². The van der Waals surface area contributed by atoms with E-state index in [9.17, 15) is 9.59 Å². The van der Waals surface area contributed by atoms with E-state index in [1.165, 1.54) is 12.2 Å². The van der Waals surface area contributed by atoms with Gasteiger partial charge in [-0.05, 0) is 50.5 Å². The third-order valence-corrected chi connectivity index (χ3v) is 3.37. The second-order valence-corrected chi connectivity index (χ2v) is 4.48. The first-order chi connectivity index (χ1) is 9.47. The van der Waals surface area contributed by atoms with Gasteiger partial charge in [-0.25, -0.2) is 9.59 Å². The number of rotatable bonds is 4. The Morgan fingerprint density at radius 3 is 2.05 bits per heavy atom. The minimum Gasteiger partial charge on any atom is -0.211 e. The molecule has 0 aliphatic rings. The predicted octanol–water partition coefficient (Wildman–Crippen LogP) is 4.14. The van der Waals surface area contributed by atoms with E-state index in [1.807, 2.05) is 33.8 Å². The molecule has 0 heterocycles. The first-order valence-electron chi connectivity index (χ1n) is 6.08. The highest BCUT2D eigenvalue weighted by Gasteiger charge is 2.16. The van der Waals surface area contributed by atoms with Crippen LogP contribution in [-0.4, -0.2) is 12.2 Å². The van der Waals surface area contributed by atoms with Crippen LogP contribution in [-0.2, 0) is 9.59 Å². The molecule has 1 aromatic carbocycles. The second kappa shape index (κ2) is 6.58. The van der Waals surface area contributed by atoms with Crippen LogP contribution in [0.25, 0.3) is 6.08 Å². The third-order valence-electron chi connectivity index (χ3n) is 3.37. The summed E-state index contributed by atoms with van der Waals surface area (Å²) < 4.78 is 0. The molecule has 0 radical (unpaired) electrons. The van der Waals surface area contributed by atoms with Crippen LogP contribution in [0.5, 0.6) is 0 Å². The molecule has 0 amide bonds. The standard InChI is InChI=1S/C16H16N2O2/c1-6-10(2)7-14-12(4)11(3)13(5)15(17-8-19)16(14)18-9-20/h6-7H,1H2,2-5H3/b10-7+. The monoisotopic (exact) mass is 268 g/mol. The van der Waals surface area contributed by atoms with E-state index < -0.39 is 0 Å². The van der Waals surface area contributed by atoms with Crippen LogP contribution >= 0.6 is 0 Å². The molecule has 1 rings (SSSR count). The van der Waals surface area contributed by atoms with E-state index in [2.05, 4.69) is 16.6 Å². The molecule has 0 aliphatic carbocycles. The van der Waals surface area contributed by atoms with E-state index in [0.717, 1.165) is 27.8 Å². The first-order valence-corrected chi connectivity index (χ1v) is 6.08. The average molecular weight is 268 g/mol. The highest BCUT2D eigenvalue weighted by Crippen LogP contribution is 2.40. The van der Waals surface area contributed by atoms with Gasteiger partial charge in [0.1, 0.15) is 11.4 Å². The molecular formula is C16H16N2O2. The molecule has 4 nitrogen and oxygen atoms in total. The molecule has 0 N–H and O–H groups in total. The second-order valence-electron chi connectivity index (χ2n) is 4.48. The number of aliphatic imine (C=N–C) groups is 2. The number of hydrogen-bond donors (Lipinski definition) is 0. The zero-order chi connectivity index (χ0) is 15.3. The number of benzene rings is 1. The van der Waals surface area contributed by atoms with Crippen molar-refractivity contribution in [2.24, 2.45) is 9.98 Å². The Morgan fingerprint density at radius 2 is 1.55 bits per heavy atom. The third kappa shape index (κ3) is 2.89. The number of hydrogen-bond acceptors (Lipinski definition) is 4. The Labute approximate surface area is 118 Å². The lowest BCUT2D eigenvalue weighted by Crippen LogP contribution is -1.93. The fraction of sp³-hybridized carbons (Fsp3) is 0.250. The van der Waals surface area contributed by atoms with E-state index in [0.29, 0.717) is 11.4 Å². The van der Waals surface area contributed by atoms with Crippen LogP contribution in [0.15, 0.2) is 28.2 Å². The van der Waals surface area contributed by atoms with Crippen LogP contribution in [0.1, 0.15) is 29.2 Å². The highest BCUT2D eigenvalue weighted by molar-refractivity contribution is 5.84. The highest BCUT2D eigenvalue weighted by atomic mass is 16.1. The average Bonchev–Trinajstić information content (AvgIpc) is 2.44. The topological polar surface area (TPSA) is 58.9 Å². The van der Waals surface area contributed by atoms with Gasteiger partial charge in [0, 0.05) is 5.56 Å². The minimum atomic E-state index is 0.338. The van der Waals surface area contributed by atoms with E-state index >= 15 is 0 Å². The molecule has 0 fully saturated rings. The number of allylic oxidation sites excluding steroid dienone is 2. The first kappa shape index (κ1) is 15.5. The maximum atomic E-state index is 10.7. The van der Waals surface area contributed by atoms with Gasteiger partial charge in [-0.1, -0.05) is 18.2 Å². The summed E-state index contributed by atoms with van der Waals surface area (Å²) in [5.74, 6) is 0. The Morgan fingerprint density at radius 1 is 1.00 bits per heavy atom. The molecule has 0 aliphatic heterocycles. The van der Waals surface area contributed by atoms with Gasteiger partial charge in [-0.15, -0.1) is 0 Å². The summed E-state index contributed by atoms with van der Waals surface area (Å²) in [6.45, 7) is 11.3. The molecule has 0 saturated heterocycles. The van der Waals surface area contributed by atoms with Crippen LogP contribution in [0.4, 0.5) is 11.4 Å². The van der Waals surface area contributed by atoms with Crippen LogP contribution < -0.4 is 0 Å². The number of isocyanates is 2. The number of nitrogens with zero attached hydrogens (tertiary/aromatic N) is 2. The zero-order valence-corrected chi connectivity index (χ0v) is 12.1. The summed E-state index contributed by atoms with van der Waals surface area (Å²) in [6, 6.07) is 0. The molecular weight excluding hydrogens is 252 g/mol. The van der Waals surface area contributed by atoms with E-state index in [-0.39, 0.29) is 0 Å². The molecule has 102 valence electrons. The van der Waals surface area contributed by atoms with Crippen molar-refractivity contribution in [3.05, 3.63) is 40.5 Å². The molecule has 0 atom stereocenters. The molecule has 0 bridgehead atoms. The lowest BCUT2D eigenvalue weighted by Gasteiger charge is -2.14. The summed E-state index contributed by atoms with van der Waals surface area (Å²) in [6.07, 6.45) is 6.58. The lowest BCUT2D eigenvalue weighted by molar-refractivity contribution is 0.564. The lowest BCUT2D eigenvalue weighted by atomic mass is 9.93. The molecule has 1 aromatic rings. The number of carbonyl (C=O) groups excluding carboxylic acids is 2. The fourth-order valence-electron chi connectivity index (χ4n) is 1.95. The van der Waals surface area contributed by atoms with Gasteiger partial charge < -0.3 is 0 Å². The Bertz CT molecular complexity index is 687. The van der Waals surface area contributed by atoms with E-state index in [4.69, 9.17) is 0 Å². The zero-order valence-electron chi connectivity index (χ0n) is 12.1. The summed E-state index contributed by atoms with van der Waals surface area (Å²) in [5, 5.41) is 0. The van der Waals surface area contributed by atoms with Gasteiger partial charge in [-0.3, -0.25) is 0 Å². The van der Waals surface area contributed by atoms with Gasteiger partial charge in [0.15, 0.2) is 0 Å². The molecule has 20 heavy (non-hydrogen) atoms. The SMILES string of the molecule is C=C/C(C)=C/c1c(C)c(C)c(C)c(N=C=O)c1N=C=O. The van der Waals surface area contributed by atoms with Crippen molar-refractivity contribution < 1.29 is 9.59 Å². The normalized spacial score (nSPS) is 10.5. The Kier molecular flexibility index (Phi) is 5.10. The maximum Gasteiger partial charge on any atom is 0.240 e. The quantitative estimate of drug-likeness (QED) is 0.468. The van der Waals surface area contributed by atoms with Gasteiger partial charge in [-0.2, -0.15) is 9.98 Å². The van der Waals surface area contributed by atoms with Crippen molar-refractivity contribution in [3.63, 3.8) is 0 Å². The van der Waals surface area contributed by atoms with E-state index in [1.54, 1.807) is 6.08 Å². The van der Waals surface area contributed by atoms with Crippen molar-refractivity contribution in [2.45, 2.75) is 27.7 Å².